The molecule has 1 saturated heterocycles. The van der Waals surface area contributed by atoms with Crippen molar-refractivity contribution in [2.45, 2.75) is 13.2 Å². The second-order valence-corrected chi connectivity index (χ2v) is 8.36. The van der Waals surface area contributed by atoms with Crippen molar-refractivity contribution in [3.63, 3.8) is 0 Å². The molecule has 166 valence electrons. The molecule has 0 atom stereocenters. The largest absolute Gasteiger partial charge is 0.489 e. The summed E-state index contributed by atoms with van der Waals surface area (Å²) in [7, 11) is -1.54. The molecule has 0 radical (unpaired) electrons. The van der Waals surface area contributed by atoms with Crippen LogP contribution in [0.3, 0.4) is 0 Å². The molecule has 0 bridgehead atoms. The van der Waals surface area contributed by atoms with E-state index in [1.54, 1.807) is 60.7 Å². The molecule has 0 unspecified atom stereocenters. The number of hydrogen-bond acceptors (Lipinski definition) is 6. The van der Waals surface area contributed by atoms with Gasteiger partial charge in [0, 0.05) is 0 Å². The van der Waals surface area contributed by atoms with Gasteiger partial charge >= 0.3 is 7.12 Å². The van der Waals surface area contributed by atoms with Gasteiger partial charge in [-0.15, -0.1) is 0 Å². The van der Waals surface area contributed by atoms with Gasteiger partial charge in [-0.05, 0) is 64.3 Å². The van der Waals surface area contributed by atoms with Gasteiger partial charge in [0.05, 0.1) is 11.4 Å². The van der Waals surface area contributed by atoms with E-state index in [-0.39, 0.29) is 30.1 Å². The van der Waals surface area contributed by atoms with Gasteiger partial charge in [0.25, 0.3) is 11.1 Å². The molecule has 4 rings (SSSR count). The predicted molar refractivity (Wildman–Crippen MR) is 125 cm³/mol. The second kappa shape index (κ2) is 10.0. The van der Waals surface area contributed by atoms with Crippen LogP contribution < -0.4 is 10.2 Å². The Morgan fingerprint density at radius 1 is 0.970 bits per heavy atom. The lowest BCUT2D eigenvalue weighted by Crippen LogP contribution is -2.29. The van der Waals surface area contributed by atoms with Crippen molar-refractivity contribution in [1.29, 1.82) is 0 Å². The zero-order chi connectivity index (χ0) is 23.4. The number of halogens is 1. The number of thioether (sulfide) groups is 1. The molecule has 33 heavy (non-hydrogen) atoms. The molecule has 0 aliphatic carbocycles. The van der Waals surface area contributed by atoms with Gasteiger partial charge in [0.15, 0.2) is 0 Å². The number of carbonyl (C=O) groups excluding carboxylic acids is 2. The Morgan fingerprint density at radius 2 is 1.70 bits per heavy atom. The summed E-state index contributed by atoms with van der Waals surface area (Å²) in [6.45, 7) is 0.339. The number of rotatable bonds is 7. The summed E-state index contributed by atoms with van der Waals surface area (Å²) in [5, 5.41) is 18.2. The molecular weight excluding hydrogens is 444 g/mol. The van der Waals surface area contributed by atoms with E-state index in [4.69, 9.17) is 4.74 Å². The maximum absolute atomic E-state index is 13.1. The first-order chi connectivity index (χ1) is 15.9. The van der Waals surface area contributed by atoms with E-state index < -0.39 is 7.12 Å². The highest BCUT2D eigenvalue weighted by Gasteiger charge is 2.34. The maximum atomic E-state index is 13.1. The fourth-order valence-electron chi connectivity index (χ4n) is 3.23. The van der Waals surface area contributed by atoms with E-state index in [0.29, 0.717) is 21.7 Å². The van der Waals surface area contributed by atoms with Crippen LogP contribution in [0.15, 0.2) is 77.7 Å². The monoisotopic (exact) mass is 463 g/mol. The minimum atomic E-state index is -1.54. The number of imide groups is 1. The lowest BCUT2D eigenvalue weighted by molar-refractivity contribution is -0.123. The van der Waals surface area contributed by atoms with Crippen LogP contribution in [-0.4, -0.2) is 33.2 Å². The SMILES string of the molecule is O=C1S/C(=C/c2ccc(OCc3cccc(B(O)O)c3)cc2)C(=O)N1Cc1ccc(F)cc1. The minimum Gasteiger partial charge on any atom is -0.489 e. The van der Waals surface area contributed by atoms with E-state index in [1.165, 1.54) is 12.1 Å². The van der Waals surface area contributed by atoms with E-state index in [1.807, 2.05) is 6.07 Å². The van der Waals surface area contributed by atoms with Crippen LogP contribution in [0, 0.1) is 5.82 Å². The Morgan fingerprint density at radius 3 is 2.39 bits per heavy atom. The molecule has 1 aliphatic heterocycles. The molecule has 1 aliphatic rings. The fraction of sp³-hybridized carbons (Fsp3) is 0.0833. The number of benzene rings is 3. The van der Waals surface area contributed by atoms with Crippen LogP contribution in [-0.2, 0) is 17.9 Å². The smallest absolute Gasteiger partial charge is 0.488 e. The van der Waals surface area contributed by atoms with Gasteiger partial charge in [-0.1, -0.05) is 48.5 Å². The Balaban J connectivity index is 1.39. The molecule has 2 N–H and O–H groups in total. The zero-order valence-electron chi connectivity index (χ0n) is 17.3. The molecule has 0 spiro atoms. The highest BCUT2D eigenvalue weighted by Crippen LogP contribution is 2.33. The molecular formula is C24H19BFNO5S. The molecule has 3 aromatic rings. The zero-order valence-corrected chi connectivity index (χ0v) is 18.2. The molecule has 1 fully saturated rings. The summed E-state index contributed by atoms with van der Waals surface area (Å²) in [5.41, 5.74) is 2.58. The van der Waals surface area contributed by atoms with Crippen molar-refractivity contribution in [3.8, 4) is 5.75 Å². The highest BCUT2D eigenvalue weighted by atomic mass is 32.2. The molecule has 3 aromatic carbocycles. The van der Waals surface area contributed by atoms with Crippen molar-refractivity contribution >= 4 is 41.6 Å². The predicted octanol–water partition coefficient (Wildman–Crippen LogP) is 3.32. The van der Waals surface area contributed by atoms with Crippen LogP contribution in [0.5, 0.6) is 5.75 Å². The number of nitrogens with zero attached hydrogens (tertiary/aromatic N) is 1. The van der Waals surface area contributed by atoms with Gasteiger partial charge < -0.3 is 14.8 Å². The van der Waals surface area contributed by atoms with Gasteiger partial charge in [0.2, 0.25) is 0 Å². The van der Waals surface area contributed by atoms with E-state index in [0.717, 1.165) is 27.8 Å². The van der Waals surface area contributed by atoms with E-state index in [2.05, 4.69) is 0 Å². The first-order valence-corrected chi connectivity index (χ1v) is 10.9. The van der Waals surface area contributed by atoms with E-state index in [9.17, 15) is 24.0 Å². The third-order valence-corrected chi connectivity index (χ3v) is 5.87. The van der Waals surface area contributed by atoms with Crippen LogP contribution in [0.2, 0.25) is 0 Å². The van der Waals surface area contributed by atoms with Gasteiger partial charge in [-0.2, -0.15) is 0 Å². The average Bonchev–Trinajstić information content (AvgIpc) is 3.07. The van der Waals surface area contributed by atoms with Crippen LogP contribution >= 0.6 is 11.8 Å². The lowest BCUT2D eigenvalue weighted by atomic mass is 9.80. The van der Waals surface area contributed by atoms with Crippen molar-refractivity contribution in [2.75, 3.05) is 0 Å². The summed E-state index contributed by atoms with van der Waals surface area (Å²) in [6.07, 6.45) is 1.64. The van der Waals surface area contributed by atoms with Crippen LogP contribution in [0.1, 0.15) is 16.7 Å². The summed E-state index contributed by atoms with van der Waals surface area (Å²) < 4.78 is 18.8. The van der Waals surface area contributed by atoms with Gasteiger partial charge in [-0.3, -0.25) is 14.5 Å². The van der Waals surface area contributed by atoms with Gasteiger partial charge in [-0.25, -0.2) is 4.39 Å². The van der Waals surface area contributed by atoms with Crippen molar-refractivity contribution in [1.82, 2.24) is 4.90 Å². The average molecular weight is 463 g/mol. The molecule has 6 nitrogen and oxygen atoms in total. The molecule has 9 heteroatoms. The topological polar surface area (TPSA) is 87.1 Å². The number of ether oxygens (including phenoxy) is 1. The standard InChI is InChI=1S/C24H19BFNO5S/c26-20-8-4-17(5-9-20)14-27-23(28)22(33-24(27)29)13-16-6-10-21(11-7-16)32-15-18-2-1-3-19(12-18)25(30)31/h1-13,30-31H,14-15H2/b22-13+. The van der Waals surface area contributed by atoms with Crippen molar-refractivity contribution in [3.05, 3.63) is 100 Å². The maximum Gasteiger partial charge on any atom is 0.488 e. The lowest BCUT2D eigenvalue weighted by Gasteiger charge is -2.12. The third-order valence-electron chi connectivity index (χ3n) is 4.96. The first kappa shape index (κ1) is 22.8. The number of hydrogen-bond donors (Lipinski definition) is 2. The fourth-order valence-corrected chi connectivity index (χ4v) is 4.07. The van der Waals surface area contributed by atoms with E-state index >= 15 is 0 Å². The van der Waals surface area contributed by atoms with Gasteiger partial charge in [0.1, 0.15) is 18.2 Å². The van der Waals surface area contributed by atoms with Crippen LogP contribution in [0.4, 0.5) is 9.18 Å². The highest BCUT2D eigenvalue weighted by molar-refractivity contribution is 8.18. The Labute approximate surface area is 194 Å². The third kappa shape index (κ3) is 5.70. The Kier molecular flexibility index (Phi) is 6.93. The van der Waals surface area contributed by atoms with Crippen molar-refractivity contribution in [2.24, 2.45) is 0 Å². The molecule has 0 aromatic heterocycles. The van der Waals surface area contributed by atoms with Crippen LogP contribution in [0.25, 0.3) is 6.08 Å². The minimum absolute atomic E-state index is 0.0869. The molecule has 2 amide bonds. The first-order valence-electron chi connectivity index (χ1n) is 10.1. The summed E-state index contributed by atoms with van der Waals surface area (Å²) in [6, 6.07) is 19.5. The Bertz CT molecular complexity index is 1200. The van der Waals surface area contributed by atoms with Crippen molar-refractivity contribution < 1.29 is 28.8 Å². The number of carbonyl (C=O) groups is 2. The second-order valence-electron chi connectivity index (χ2n) is 7.37. The quantitative estimate of drug-likeness (QED) is 0.413. The normalized spacial score (nSPS) is 14.8. The Hall–Kier alpha value is -3.40. The molecule has 0 saturated carbocycles. The summed E-state index contributed by atoms with van der Waals surface area (Å²) in [4.78, 5) is 26.4. The molecule has 1 heterocycles. The summed E-state index contributed by atoms with van der Waals surface area (Å²) in [5.74, 6) is -0.162. The summed E-state index contributed by atoms with van der Waals surface area (Å²) >= 11 is 0.867. The number of amides is 2.